The molecule has 3 aromatic rings. The second-order valence-electron chi connectivity index (χ2n) is 7.52. The molecule has 7 heteroatoms. The average molecular weight is 427 g/mol. The first-order chi connectivity index (χ1) is 14.4. The van der Waals surface area contributed by atoms with Gasteiger partial charge >= 0.3 is 0 Å². The fraction of sp³-hybridized carbons (Fsp3) is 0.391. The van der Waals surface area contributed by atoms with Gasteiger partial charge in [-0.2, -0.15) is 0 Å². The van der Waals surface area contributed by atoms with Crippen molar-refractivity contribution in [2.24, 2.45) is 0 Å². The first-order valence-electron chi connectivity index (χ1n) is 10.3. The summed E-state index contributed by atoms with van der Waals surface area (Å²) in [5, 5.41) is 0.173. The number of rotatable bonds is 10. The Labute approximate surface area is 179 Å². The van der Waals surface area contributed by atoms with E-state index in [1.165, 1.54) is 5.56 Å². The molecule has 0 spiro atoms. The molecule has 1 aromatic carbocycles. The summed E-state index contributed by atoms with van der Waals surface area (Å²) in [6.07, 6.45) is 5.23. The minimum Gasteiger partial charge on any atom is -0.318 e. The fourth-order valence-corrected chi connectivity index (χ4v) is 4.48. The molecule has 0 radical (unpaired) electrons. The Morgan fingerprint density at radius 3 is 2.47 bits per heavy atom. The van der Waals surface area contributed by atoms with Gasteiger partial charge in [-0.3, -0.25) is 9.88 Å². The van der Waals surface area contributed by atoms with E-state index in [1.54, 1.807) is 19.3 Å². The van der Waals surface area contributed by atoms with Crippen LogP contribution in [0.1, 0.15) is 43.3 Å². The second-order valence-corrected chi connectivity index (χ2v) is 9.69. The largest absolute Gasteiger partial charge is 0.318 e. The highest BCUT2D eigenvalue weighted by Gasteiger charge is 2.23. The molecule has 160 valence electrons. The van der Waals surface area contributed by atoms with E-state index in [1.807, 2.05) is 48.0 Å². The van der Waals surface area contributed by atoms with E-state index in [9.17, 15) is 8.42 Å². The van der Waals surface area contributed by atoms with Crippen LogP contribution in [0.3, 0.4) is 0 Å². The summed E-state index contributed by atoms with van der Waals surface area (Å²) in [4.78, 5) is 10.9. The molecule has 3 rings (SSSR count). The van der Waals surface area contributed by atoms with Crippen molar-refractivity contribution in [3.8, 4) is 0 Å². The summed E-state index contributed by atoms with van der Waals surface area (Å²) in [6, 6.07) is 16.2. The van der Waals surface area contributed by atoms with Crippen LogP contribution >= 0.6 is 0 Å². The molecule has 0 bridgehead atoms. The molecule has 0 amide bonds. The number of aryl methyl sites for hydroxylation is 1. The van der Waals surface area contributed by atoms with E-state index in [2.05, 4.69) is 33.9 Å². The number of aromatic nitrogens is 3. The van der Waals surface area contributed by atoms with Crippen LogP contribution in [-0.4, -0.2) is 40.7 Å². The van der Waals surface area contributed by atoms with Gasteiger partial charge in [0.05, 0.1) is 23.3 Å². The van der Waals surface area contributed by atoms with E-state index in [0.29, 0.717) is 13.1 Å². The van der Waals surface area contributed by atoms with Crippen molar-refractivity contribution in [2.45, 2.75) is 51.0 Å². The molecule has 0 aliphatic rings. The maximum Gasteiger partial charge on any atom is 0.227 e. The fourth-order valence-electron chi connectivity index (χ4n) is 3.46. The lowest BCUT2D eigenvalue weighted by atomic mass is 10.1. The molecule has 0 N–H and O–H groups in total. The van der Waals surface area contributed by atoms with Crippen molar-refractivity contribution < 1.29 is 8.42 Å². The standard InChI is InChI=1S/C23H30N4O2S/c1-4-30(28,29)23-25-17-21(18-26(3)19(2)22-14-8-9-15-24-22)27(23)16-10-13-20-11-6-5-7-12-20/h5-9,11-12,14-15,17,19H,4,10,13,16,18H2,1-3H3/t19-/m0/s1. The van der Waals surface area contributed by atoms with Crippen LogP contribution in [0.25, 0.3) is 0 Å². The lowest BCUT2D eigenvalue weighted by Crippen LogP contribution is -2.25. The van der Waals surface area contributed by atoms with Gasteiger partial charge in [0.25, 0.3) is 0 Å². The summed E-state index contributed by atoms with van der Waals surface area (Å²) in [6.45, 7) is 4.97. The number of pyridine rings is 1. The smallest absolute Gasteiger partial charge is 0.227 e. The Morgan fingerprint density at radius 1 is 1.07 bits per heavy atom. The summed E-state index contributed by atoms with van der Waals surface area (Å²) in [5.74, 6) is 0.0440. The number of imidazole rings is 1. The van der Waals surface area contributed by atoms with Crippen LogP contribution in [0.4, 0.5) is 0 Å². The molecule has 6 nitrogen and oxygen atoms in total. The van der Waals surface area contributed by atoms with Gasteiger partial charge < -0.3 is 4.57 Å². The van der Waals surface area contributed by atoms with Crippen LogP contribution in [0, 0.1) is 0 Å². The quantitative estimate of drug-likeness (QED) is 0.492. The topological polar surface area (TPSA) is 68.1 Å². The molecule has 0 aliphatic heterocycles. The maximum absolute atomic E-state index is 12.6. The number of hydrogen-bond donors (Lipinski definition) is 0. The zero-order chi connectivity index (χ0) is 21.6. The first-order valence-corrected chi connectivity index (χ1v) is 12.0. The predicted molar refractivity (Wildman–Crippen MR) is 119 cm³/mol. The zero-order valence-electron chi connectivity index (χ0n) is 17.9. The van der Waals surface area contributed by atoms with Crippen LogP contribution in [-0.2, 0) is 29.3 Å². The van der Waals surface area contributed by atoms with E-state index < -0.39 is 9.84 Å². The number of hydrogen-bond acceptors (Lipinski definition) is 5. The Kier molecular flexibility index (Phi) is 7.39. The SMILES string of the molecule is CCS(=O)(=O)c1ncc(CN(C)[C@@H](C)c2ccccn2)n1CCCc1ccccc1. The normalized spacial score (nSPS) is 12.9. The number of nitrogens with zero attached hydrogens (tertiary/aromatic N) is 4. The maximum atomic E-state index is 12.6. The Balaban J connectivity index is 1.79. The van der Waals surface area contributed by atoms with Gasteiger partial charge in [0.15, 0.2) is 0 Å². The van der Waals surface area contributed by atoms with E-state index >= 15 is 0 Å². The van der Waals surface area contributed by atoms with Crippen molar-refractivity contribution in [1.82, 2.24) is 19.4 Å². The molecule has 0 unspecified atom stereocenters. The van der Waals surface area contributed by atoms with Crippen LogP contribution in [0.5, 0.6) is 0 Å². The second kappa shape index (κ2) is 10.00. The Bertz CT molecular complexity index is 1030. The number of benzene rings is 1. The van der Waals surface area contributed by atoms with Gasteiger partial charge in [-0.15, -0.1) is 0 Å². The van der Waals surface area contributed by atoms with E-state index in [4.69, 9.17) is 0 Å². The van der Waals surface area contributed by atoms with Gasteiger partial charge in [-0.1, -0.05) is 43.3 Å². The third-order valence-electron chi connectivity index (χ3n) is 5.44. The van der Waals surface area contributed by atoms with Gasteiger partial charge in [0, 0.05) is 25.3 Å². The molecule has 0 fully saturated rings. The highest BCUT2D eigenvalue weighted by atomic mass is 32.2. The molecule has 2 heterocycles. The predicted octanol–water partition coefficient (Wildman–Crippen LogP) is 3.90. The average Bonchev–Trinajstić information content (AvgIpc) is 3.17. The minimum absolute atomic E-state index is 0.0440. The van der Waals surface area contributed by atoms with E-state index in [0.717, 1.165) is 24.2 Å². The van der Waals surface area contributed by atoms with Crippen molar-refractivity contribution >= 4 is 9.84 Å². The summed E-state index contributed by atoms with van der Waals surface area (Å²) in [7, 11) is -1.37. The molecule has 0 aliphatic carbocycles. The Morgan fingerprint density at radius 2 is 1.80 bits per heavy atom. The van der Waals surface area contributed by atoms with Crippen LogP contribution in [0.2, 0.25) is 0 Å². The third-order valence-corrected chi connectivity index (χ3v) is 7.08. The third kappa shape index (κ3) is 5.34. The van der Waals surface area contributed by atoms with Crippen molar-refractivity contribution in [2.75, 3.05) is 12.8 Å². The lowest BCUT2D eigenvalue weighted by Gasteiger charge is -2.25. The van der Waals surface area contributed by atoms with Crippen molar-refractivity contribution in [3.63, 3.8) is 0 Å². The van der Waals surface area contributed by atoms with Crippen molar-refractivity contribution in [1.29, 1.82) is 0 Å². The van der Waals surface area contributed by atoms with Gasteiger partial charge in [-0.25, -0.2) is 13.4 Å². The zero-order valence-corrected chi connectivity index (χ0v) is 18.7. The van der Waals surface area contributed by atoms with Gasteiger partial charge in [0.2, 0.25) is 15.0 Å². The lowest BCUT2D eigenvalue weighted by molar-refractivity contribution is 0.241. The molecule has 0 saturated heterocycles. The van der Waals surface area contributed by atoms with E-state index in [-0.39, 0.29) is 17.0 Å². The monoisotopic (exact) mass is 426 g/mol. The van der Waals surface area contributed by atoms with Gasteiger partial charge in [-0.05, 0) is 44.5 Å². The molecule has 1 atom stereocenters. The molecule has 2 aromatic heterocycles. The molecule has 0 saturated carbocycles. The number of sulfone groups is 1. The Hall–Kier alpha value is -2.51. The highest BCUT2D eigenvalue weighted by molar-refractivity contribution is 7.91. The molecule has 30 heavy (non-hydrogen) atoms. The summed E-state index contributed by atoms with van der Waals surface area (Å²) in [5.41, 5.74) is 3.14. The highest BCUT2D eigenvalue weighted by Crippen LogP contribution is 2.21. The summed E-state index contributed by atoms with van der Waals surface area (Å²) < 4.78 is 27.1. The minimum atomic E-state index is -3.39. The van der Waals surface area contributed by atoms with Crippen molar-refractivity contribution in [3.05, 3.63) is 77.9 Å². The molecular formula is C23H30N4O2S. The first kappa shape index (κ1) is 22.2. The van der Waals surface area contributed by atoms with Crippen LogP contribution < -0.4 is 0 Å². The van der Waals surface area contributed by atoms with Crippen LogP contribution in [0.15, 0.2) is 66.1 Å². The molecular weight excluding hydrogens is 396 g/mol. The summed E-state index contributed by atoms with van der Waals surface area (Å²) >= 11 is 0. The van der Waals surface area contributed by atoms with Gasteiger partial charge in [0.1, 0.15) is 0 Å².